The number of fused-ring (bicyclic) bond motifs is 1. The Kier molecular flexibility index (Phi) is 8.42. The van der Waals surface area contributed by atoms with Gasteiger partial charge in [0.25, 0.3) is 5.91 Å². The number of ether oxygens (including phenoxy) is 1. The summed E-state index contributed by atoms with van der Waals surface area (Å²) in [5.41, 5.74) is 6.19. The number of aliphatic imine (C=N–C) groups is 1. The quantitative estimate of drug-likeness (QED) is 0.308. The summed E-state index contributed by atoms with van der Waals surface area (Å²) >= 11 is 0. The number of anilines is 1. The Morgan fingerprint density at radius 3 is 2.75 bits per heavy atom. The first-order valence-electron chi connectivity index (χ1n) is 14.6. The van der Waals surface area contributed by atoms with Crippen LogP contribution in [0.5, 0.6) is 5.75 Å². The van der Waals surface area contributed by atoms with Gasteiger partial charge in [-0.25, -0.2) is 4.39 Å². The molecule has 2 aliphatic heterocycles. The molecule has 0 bridgehead atoms. The van der Waals surface area contributed by atoms with Crippen molar-refractivity contribution in [2.24, 2.45) is 4.99 Å². The molecule has 2 atom stereocenters. The number of piperidine rings is 1. The average Bonchev–Trinajstić information content (AvgIpc) is 3.46. The molecule has 0 spiro atoms. The smallest absolute Gasteiger partial charge is 0.251 e. The lowest BCUT2D eigenvalue weighted by Crippen LogP contribution is -2.55. The van der Waals surface area contributed by atoms with Gasteiger partial charge in [0.15, 0.2) is 0 Å². The topological polar surface area (TPSA) is 109 Å². The molecule has 1 fully saturated rings. The molecule has 4 aromatic rings. The SMILES string of the molecule is COc1cccc(F)c1CN1C[C@H](NC(=O)c2ccc3c(c2)C(c2ccnc(C)c2)=NC3)CC[C@H]1C(=O)Nc1cccnc1. The second-order valence-electron chi connectivity index (χ2n) is 11.1. The van der Waals surface area contributed by atoms with Crippen LogP contribution in [-0.2, 0) is 17.9 Å². The minimum Gasteiger partial charge on any atom is -0.496 e. The van der Waals surface area contributed by atoms with E-state index in [1.54, 1.807) is 42.9 Å². The van der Waals surface area contributed by atoms with Crippen molar-refractivity contribution in [1.29, 1.82) is 0 Å². The first-order valence-corrected chi connectivity index (χ1v) is 14.6. The van der Waals surface area contributed by atoms with Crippen LogP contribution in [-0.4, -0.2) is 58.1 Å². The molecule has 224 valence electrons. The van der Waals surface area contributed by atoms with Crippen LogP contribution in [0.3, 0.4) is 0 Å². The average molecular weight is 593 g/mol. The van der Waals surface area contributed by atoms with Gasteiger partial charge in [-0.05, 0) is 73.9 Å². The number of benzene rings is 2. The summed E-state index contributed by atoms with van der Waals surface area (Å²) in [6.07, 6.45) is 6.02. The van der Waals surface area contributed by atoms with Gasteiger partial charge in [-0.1, -0.05) is 12.1 Å². The molecule has 6 rings (SSSR count). The normalized spacial score (nSPS) is 17.8. The second kappa shape index (κ2) is 12.7. The van der Waals surface area contributed by atoms with Crippen molar-refractivity contribution in [3.8, 4) is 5.75 Å². The number of aryl methyl sites for hydroxylation is 1. The Bertz CT molecular complexity index is 1730. The fraction of sp³-hybridized carbons (Fsp3) is 0.265. The number of halogens is 1. The monoisotopic (exact) mass is 592 g/mol. The third-order valence-corrected chi connectivity index (χ3v) is 8.11. The molecule has 4 heterocycles. The lowest BCUT2D eigenvalue weighted by molar-refractivity contribution is -0.123. The number of hydrogen-bond acceptors (Lipinski definition) is 7. The number of methoxy groups -OCH3 is 1. The van der Waals surface area contributed by atoms with Crippen molar-refractivity contribution in [3.05, 3.63) is 119 Å². The number of rotatable bonds is 8. The number of amides is 2. The van der Waals surface area contributed by atoms with Crippen LogP contribution in [0.2, 0.25) is 0 Å². The maximum absolute atomic E-state index is 15.0. The number of aromatic nitrogens is 2. The molecular weight excluding hydrogens is 559 g/mol. The van der Waals surface area contributed by atoms with Crippen LogP contribution < -0.4 is 15.4 Å². The van der Waals surface area contributed by atoms with Gasteiger partial charge in [-0.3, -0.25) is 29.4 Å². The van der Waals surface area contributed by atoms with E-state index < -0.39 is 11.9 Å². The molecule has 10 heteroatoms. The highest BCUT2D eigenvalue weighted by molar-refractivity contribution is 6.16. The van der Waals surface area contributed by atoms with Gasteiger partial charge in [0.2, 0.25) is 5.91 Å². The van der Waals surface area contributed by atoms with E-state index in [9.17, 15) is 14.0 Å². The van der Waals surface area contributed by atoms with Crippen LogP contribution >= 0.6 is 0 Å². The van der Waals surface area contributed by atoms with Gasteiger partial charge in [-0.2, -0.15) is 0 Å². The zero-order valence-electron chi connectivity index (χ0n) is 24.6. The van der Waals surface area contributed by atoms with Crippen LogP contribution in [0.25, 0.3) is 0 Å². The molecule has 44 heavy (non-hydrogen) atoms. The summed E-state index contributed by atoms with van der Waals surface area (Å²) in [5.74, 6) is -0.434. The third-order valence-electron chi connectivity index (χ3n) is 8.11. The highest BCUT2D eigenvalue weighted by atomic mass is 19.1. The van der Waals surface area contributed by atoms with Gasteiger partial charge < -0.3 is 15.4 Å². The number of pyridine rings is 2. The van der Waals surface area contributed by atoms with Crippen molar-refractivity contribution in [1.82, 2.24) is 20.2 Å². The van der Waals surface area contributed by atoms with Crippen LogP contribution in [0, 0.1) is 12.7 Å². The highest BCUT2D eigenvalue weighted by Gasteiger charge is 2.35. The fourth-order valence-electron chi connectivity index (χ4n) is 5.92. The molecular formula is C34H33FN6O3. The van der Waals surface area contributed by atoms with E-state index in [0.717, 1.165) is 28.1 Å². The molecule has 1 saturated heterocycles. The summed E-state index contributed by atoms with van der Waals surface area (Å²) in [6, 6.07) is 17.0. The van der Waals surface area contributed by atoms with Gasteiger partial charge in [0.1, 0.15) is 11.6 Å². The van der Waals surface area contributed by atoms with E-state index in [1.807, 2.05) is 42.2 Å². The van der Waals surface area contributed by atoms with E-state index in [-0.39, 0.29) is 24.4 Å². The molecule has 2 aromatic carbocycles. The number of nitrogens with zero attached hydrogens (tertiary/aromatic N) is 4. The number of carbonyl (C=O) groups excluding carboxylic acids is 2. The van der Waals surface area contributed by atoms with Crippen LogP contribution in [0.15, 0.2) is 84.2 Å². The summed E-state index contributed by atoms with van der Waals surface area (Å²) in [6.45, 7) is 2.99. The summed E-state index contributed by atoms with van der Waals surface area (Å²) in [5, 5.41) is 6.09. The molecule has 2 N–H and O–H groups in total. The second-order valence-corrected chi connectivity index (χ2v) is 11.1. The number of likely N-dealkylation sites (tertiary alicyclic amines) is 1. The minimum absolute atomic E-state index is 0.136. The van der Waals surface area contributed by atoms with E-state index in [1.165, 1.54) is 13.2 Å². The maximum atomic E-state index is 15.0. The minimum atomic E-state index is -0.546. The molecule has 2 amide bonds. The Balaban J connectivity index is 1.21. The lowest BCUT2D eigenvalue weighted by atomic mass is 9.95. The molecule has 0 radical (unpaired) electrons. The Hall–Kier alpha value is -4.96. The molecule has 2 aromatic heterocycles. The van der Waals surface area contributed by atoms with Crippen molar-refractivity contribution >= 4 is 23.2 Å². The zero-order chi connectivity index (χ0) is 30.6. The van der Waals surface area contributed by atoms with E-state index >= 15 is 0 Å². The number of hydrogen-bond donors (Lipinski definition) is 2. The van der Waals surface area contributed by atoms with Gasteiger partial charge in [-0.15, -0.1) is 0 Å². The first-order chi connectivity index (χ1) is 21.4. The predicted octanol–water partition coefficient (Wildman–Crippen LogP) is 4.69. The highest BCUT2D eigenvalue weighted by Crippen LogP contribution is 2.29. The van der Waals surface area contributed by atoms with Crippen molar-refractivity contribution in [2.75, 3.05) is 19.0 Å². The Labute approximate surface area is 255 Å². The lowest BCUT2D eigenvalue weighted by Gasteiger charge is -2.39. The number of nitrogens with one attached hydrogen (secondary N) is 2. The van der Waals surface area contributed by atoms with Gasteiger partial charge in [0, 0.05) is 59.5 Å². The molecule has 0 aliphatic carbocycles. The van der Waals surface area contributed by atoms with Crippen molar-refractivity contribution < 1.29 is 18.7 Å². The summed E-state index contributed by atoms with van der Waals surface area (Å²) in [7, 11) is 1.49. The molecule has 2 aliphatic rings. The largest absolute Gasteiger partial charge is 0.496 e. The predicted molar refractivity (Wildman–Crippen MR) is 165 cm³/mol. The van der Waals surface area contributed by atoms with Gasteiger partial charge >= 0.3 is 0 Å². The van der Waals surface area contributed by atoms with Crippen LogP contribution in [0.4, 0.5) is 10.1 Å². The summed E-state index contributed by atoms with van der Waals surface area (Å²) in [4.78, 5) is 42.0. The number of carbonyl (C=O) groups is 2. The van der Waals surface area contributed by atoms with Crippen molar-refractivity contribution in [3.63, 3.8) is 0 Å². The standard InChI is InChI=1S/C34H33FN6O3/c1-21-15-22(12-14-37-21)32-27-16-23(8-9-24(27)17-38-32)33(42)40-26-10-11-30(34(43)39-25-5-4-13-36-18-25)41(19-26)20-28-29(35)6-3-7-31(28)44-2/h3-9,12-16,18,26,30H,10-11,17,19-20H2,1-2H3,(H,39,43)(H,40,42)/t26-,30+/m1/s1. The van der Waals surface area contributed by atoms with E-state index in [4.69, 9.17) is 9.73 Å². The third kappa shape index (κ3) is 6.21. The molecule has 0 unspecified atom stereocenters. The Morgan fingerprint density at radius 2 is 1.95 bits per heavy atom. The molecule has 9 nitrogen and oxygen atoms in total. The Morgan fingerprint density at radius 1 is 1.07 bits per heavy atom. The zero-order valence-corrected chi connectivity index (χ0v) is 24.6. The van der Waals surface area contributed by atoms with Crippen molar-refractivity contribution in [2.45, 2.75) is 44.9 Å². The van der Waals surface area contributed by atoms with E-state index in [2.05, 4.69) is 20.6 Å². The fourth-order valence-corrected chi connectivity index (χ4v) is 5.92. The maximum Gasteiger partial charge on any atom is 0.251 e. The van der Waals surface area contributed by atoms with Crippen LogP contribution in [0.1, 0.15) is 51.1 Å². The van der Waals surface area contributed by atoms with E-state index in [0.29, 0.717) is 48.5 Å². The molecule has 0 saturated carbocycles. The summed E-state index contributed by atoms with van der Waals surface area (Å²) < 4.78 is 20.4. The van der Waals surface area contributed by atoms with Gasteiger partial charge in [0.05, 0.1) is 37.3 Å². The first kappa shape index (κ1) is 29.1.